The van der Waals surface area contributed by atoms with Gasteiger partial charge in [0.25, 0.3) is 5.91 Å². The molecule has 0 saturated heterocycles. The van der Waals surface area contributed by atoms with Gasteiger partial charge in [-0.25, -0.2) is 0 Å². The summed E-state index contributed by atoms with van der Waals surface area (Å²) in [4.78, 5) is 29.0. The molecule has 4 rings (SSSR count). The fourth-order valence-electron chi connectivity index (χ4n) is 4.59. The van der Waals surface area contributed by atoms with E-state index >= 15 is 0 Å². The van der Waals surface area contributed by atoms with Crippen LogP contribution in [-0.2, 0) is 22.6 Å². The van der Waals surface area contributed by atoms with Crippen LogP contribution in [0.25, 0.3) is 0 Å². The number of nitrogens with one attached hydrogen (secondary N) is 1. The topological polar surface area (TPSA) is 58.6 Å². The first-order valence-electron chi connectivity index (χ1n) is 12.5. The Labute approximate surface area is 246 Å². The lowest BCUT2D eigenvalue weighted by Crippen LogP contribution is -2.53. The third-order valence-electron chi connectivity index (χ3n) is 6.61. The molecule has 9 heteroatoms. The Kier molecular flexibility index (Phi) is 10.4. The number of halogens is 4. The predicted molar refractivity (Wildman–Crippen MR) is 156 cm³/mol. The van der Waals surface area contributed by atoms with E-state index in [0.717, 1.165) is 35.7 Å². The smallest absolute Gasteiger partial charge is 0.261 e. The summed E-state index contributed by atoms with van der Waals surface area (Å²) in [6.07, 6.45) is 4.34. The van der Waals surface area contributed by atoms with Crippen LogP contribution in [0.15, 0.2) is 71.2 Å². The highest BCUT2D eigenvalue weighted by Gasteiger charge is 2.33. The van der Waals surface area contributed by atoms with Crippen molar-refractivity contribution in [1.29, 1.82) is 0 Å². The standard InChI is InChI=1S/C29H28BrCl3N2O3/c30-20-13-14-27(25(33)16-20)38-18-28(36)35(17-22-23(31)11-6-12-24(22)32)26(15-19-7-2-1-3-8-19)29(37)34-21-9-4-5-10-21/h1-3,6-8,11-14,16,21,26H,4-5,9-10,15,17-18H2,(H,34,37). The number of benzene rings is 3. The fourth-order valence-corrected chi connectivity index (χ4v) is 5.83. The highest BCUT2D eigenvalue weighted by atomic mass is 79.9. The first-order chi connectivity index (χ1) is 18.3. The molecule has 1 fully saturated rings. The van der Waals surface area contributed by atoms with Gasteiger partial charge in [-0.3, -0.25) is 9.59 Å². The third-order valence-corrected chi connectivity index (χ3v) is 8.10. The molecule has 2 amide bonds. The average Bonchev–Trinajstić information content (AvgIpc) is 3.40. The Morgan fingerprint density at radius 1 is 0.947 bits per heavy atom. The van der Waals surface area contributed by atoms with Gasteiger partial charge in [0.15, 0.2) is 6.61 Å². The van der Waals surface area contributed by atoms with Gasteiger partial charge in [0.2, 0.25) is 5.91 Å². The summed E-state index contributed by atoms with van der Waals surface area (Å²) in [5.41, 5.74) is 1.50. The SMILES string of the molecule is O=C(NC1CCCC1)C(Cc1ccccc1)N(Cc1c(Cl)cccc1Cl)C(=O)COc1ccc(Br)cc1Cl. The van der Waals surface area contributed by atoms with E-state index < -0.39 is 6.04 Å². The fraction of sp³-hybridized carbons (Fsp3) is 0.310. The van der Waals surface area contributed by atoms with Gasteiger partial charge in [-0.2, -0.15) is 0 Å². The molecule has 0 aromatic heterocycles. The van der Waals surface area contributed by atoms with Gasteiger partial charge in [0.1, 0.15) is 11.8 Å². The number of amides is 2. The van der Waals surface area contributed by atoms with Crippen molar-refractivity contribution in [3.05, 3.63) is 97.4 Å². The number of carbonyl (C=O) groups excluding carboxylic acids is 2. The van der Waals surface area contributed by atoms with E-state index in [1.54, 1.807) is 36.4 Å². The van der Waals surface area contributed by atoms with Crippen LogP contribution in [0.5, 0.6) is 5.75 Å². The Morgan fingerprint density at radius 2 is 1.63 bits per heavy atom. The highest BCUT2D eigenvalue weighted by Crippen LogP contribution is 2.30. The lowest BCUT2D eigenvalue weighted by molar-refractivity contribution is -0.143. The molecule has 200 valence electrons. The van der Waals surface area contributed by atoms with Crippen molar-refractivity contribution >= 4 is 62.5 Å². The molecule has 1 aliphatic rings. The van der Waals surface area contributed by atoms with E-state index in [9.17, 15) is 9.59 Å². The average molecular weight is 639 g/mol. The second-order valence-electron chi connectivity index (χ2n) is 9.28. The molecular weight excluding hydrogens is 611 g/mol. The van der Waals surface area contributed by atoms with E-state index in [4.69, 9.17) is 39.5 Å². The maximum absolute atomic E-state index is 13.8. The molecule has 1 aliphatic carbocycles. The second kappa shape index (κ2) is 13.7. The minimum atomic E-state index is -0.804. The molecule has 0 heterocycles. The molecule has 1 unspecified atom stereocenters. The lowest BCUT2D eigenvalue weighted by atomic mass is 10.0. The number of hydrogen-bond acceptors (Lipinski definition) is 3. The Bertz CT molecular complexity index is 1250. The van der Waals surface area contributed by atoms with E-state index in [1.165, 1.54) is 4.90 Å². The quantitative estimate of drug-likeness (QED) is 0.251. The summed E-state index contributed by atoms with van der Waals surface area (Å²) in [6, 6.07) is 19.3. The van der Waals surface area contributed by atoms with Crippen molar-refractivity contribution < 1.29 is 14.3 Å². The lowest BCUT2D eigenvalue weighted by Gasteiger charge is -2.32. The molecule has 3 aromatic carbocycles. The molecule has 3 aromatic rings. The maximum Gasteiger partial charge on any atom is 0.261 e. The zero-order valence-corrected chi connectivity index (χ0v) is 24.5. The summed E-state index contributed by atoms with van der Waals surface area (Å²) in [5, 5.41) is 4.38. The molecule has 0 bridgehead atoms. The normalized spacial score (nSPS) is 14.2. The number of nitrogens with zero attached hydrogens (tertiary/aromatic N) is 1. The van der Waals surface area contributed by atoms with E-state index in [0.29, 0.717) is 32.8 Å². The van der Waals surface area contributed by atoms with Crippen molar-refractivity contribution in [2.75, 3.05) is 6.61 Å². The largest absolute Gasteiger partial charge is 0.482 e. The zero-order chi connectivity index (χ0) is 27.1. The molecule has 0 spiro atoms. The van der Waals surface area contributed by atoms with Gasteiger partial charge in [-0.15, -0.1) is 0 Å². The molecule has 5 nitrogen and oxygen atoms in total. The van der Waals surface area contributed by atoms with Gasteiger partial charge in [0, 0.05) is 39.1 Å². The molecule has 1 N–H and O–H groups in total. The van der Waals surface area contributed by atoms with Crippen molar-refractivity contribution in [2.45, 2.75) is 50.7 Å². The summed E-state index contributed by atoms with van der Waals surface area (Å²) in [5.74, 6) is -0.226. The van der Waals surface area contributed by atoms with E-state index in [2.05, 4.69) is 21.2 Å². The van der Waals surface area contributed by atoms with Crippen molar-refractivity contribution in [1.82, 2.24) is 10.2 Å². The van der Waals surface area contributed by atoms with Gasteiger partial charge in [-0.05, 0) is 48.7 Å². The molecular formula is C29H28BrCl3N2O3. The number of carbonyl (C=O) groups is 2. The van der Waals surface area contributed by atoms with Crippen molar-refractivity contribution in [2.24, 2.45) is 0 Å². The van der Waals surface area contributed by atoms with Gasteiger partial charge in [-0.1, -0.05) is 100.0 Å². The van der Waals surface area contributed by atoms with Crippen LogP contribution in [0.1, 0.15) is 36.8 Å². The number of ether oxygens (including phenoxy) is 1. The molecule has 38 heavy (non-hydrogen) atoms. The highest BCUT2D eigenvalue weighted by molar-refractivity contribution is 9.10. The van der Waals surface area contributed by atoms with Gasteiger partial charge < -0.3 is 15.0 Å². The van der Waals surface area contributed by atoms with Crippen LogP contribution in [0.2, 0.25) is 15.1 Å². The number of hydrogen-bond donors (Lipinski definition) is 1. The van der Waals surface area contributed by atoms with Gasteiger partial charge >= 0.3 is 0 Å². The maximum atomic E-state index is 13.8. The minimum absolute atomic E-state index is 0.0460. The molecule has 0 radical (unpaired) electrons. The monoisotopic (exact) mass is 636 g/mol. The molecule has 0 aliphatic heterocycles. The van der Waals surface area contributed by atoms with Crippen LogP contribution < -0.4 is 10.1 Å². The summed E-state index contributed by atoms with van der Waals surface area (Å²) >= 11 is 22.7. The van der Waals surface area contributed by atoms with E-state index in [-0.39, 0.29) is 31.0 Å². The molecule has 1 saturated carbocycles. The Hall–Kier alpha value is -2.25. The first kappa shape index (κ1) is 28.8. The van der Waals surface area contributed by atoms with Crippen LogP contribution in [-0.4, -0.2) is 35.4 Å². The van der Waals surface area contributed by atoms with Crippen LogP contribution in [0.4, 0.5) is 0 Å². The summed E-state index contributed by atoms with van der Waals surface area (Å²) in [7, 11) is 0. The number of rotatable bonds is 10. The van der Waals surface area contributed by atoms with E-state index in [1.807, 2.05) is 30.3 Å². The second-order valence-corrected chi connectivity index (χ2v) is 11.4. The first-order valence-corrected chi connectivity index (χ1v) is 14.4. The van der Waals surface area contributed by atoms with Crippen LogP contribution in [0.3, 0.4) is 0 Å². The van der Waals surface area contributed by atoms with Crippen molar-refractivity contribution in [3.63, 3.8) is 0 Å². The van der Waals surface area contributed by atoms with Crippen LogP contribution >= 0.6 is 50.7 Å². The van der Waals surface area contributed by atoms with Crippen molar-refractivity contribution in [3.8, 4) is 5.75 Å². The predicted octanol–water partition coefficient (Wildman–Crippen LogP) is 7.49. The van der Waals surface area contributed by atoms with Crippen LogP contribution in [0, 0.1) is 0 Å². The minimum Gasteiger partial charge on any atom is -0.482 e. The Morgan fingerprint density at radius 3 is 2.29 bits per heavy atom. The molecule has 1 atom stereocenters. The zero-order valence-electron chi connectivity index (χ0n) is 20.6. The summed E-state index contributed by atoms with van der Waals surface area (Å²) in [6.45, 7) is -0.268. The summed E-state index contributed by atoms with van der Waals surface area (Å²) < 4.78 is 6.60. The van der Waals surface area contributed by atoms with Gasteiger partial charge in [0.05, 0.1) is 5.02 Å². The Balaban J connectivity index is 1.66. The third kappa shape index (κ3) is 7.66.